The summed E-state index contributed by atoms with van der Waals surface area (Å²) < 4.78 is 5.04. The third-order valence-corrected chi connectivity index (χ3v) is 2.91. The molecule has 0 atom stereocenters. The first kappa shape index (κ1) is 16.6. The van der Waals surface area contributed by atoms with Crippen LogP contribution in [0, 0.1) is 0 Å². The van der Waals surface area contributed by atoms with Crippen molar-refractivity contribution in [2.24, 2.45) is 5.73 Å². The van der Waals surface area contributed by atoms with Gasteiger partial charge in [-0.05, 0) is 12.1 Å². The Morgan fingerprint density at radius 2 is 2.05 bits per heavy atom. The number of thiocarbonyl (C=S) groups is 1. The molecule has 3 N–H and O–H groups in total. The molecule has 0 saturated heterocycles. The van der Waals surface area contributed by atoms with Gasteiger partial charge in [-0.3, -0.25) is 9.69 Å². The number of rotatable bonds is 9. The van der Waals surface area contributed by atoms with Crippen molar-refractivity contribution >= 4 is 28.8 Å². The second kappa shape index (κ2) is 9.41. The van der Waals surface area contributed by atoms with Gasteiger partial charge >= 0.3 is 0 Å². The molecule has 0 saturated carbocycles. The standard InChI is InChI=1S/C14H21N3O2S/c1-19-10-9-17(8-7-13(15)20)11-14(18)16-12-5-3-2-4-6-12/h2-6H,7-11H2,1H3,(H2,15,20)(H,16,18). The first-order valence-electron chi connectivity index (χ1n) is 6.46. The third kappa shape index (κ3) is 7.18. The summed E-state index contributed by atoms with van der Waals surface area (Å²) in [6.45, 7) is 2.18. The van der Waals surface area contributed by atoms with E-state index in [0.717, 1.165) is 5.69 Å². The van der Waals surface area contributed by atoms with Crippen molar-refractivity contribution in [3.05, 3.63) is 30.3 Å². The average molecular weight is 295 g/mol. The number of nitrogens with two attached hydrogens (primary N) is 1. The lowest BCUT2D eigenvalue weighted by atomic mass is 10.3. The Morgan fingerprint density at radius 1 is 1.35 bits per heavy atom. The molecule has 1 aromatic carbocycles. The molecule has 1 rings (SSSR count). The van der Waals surface area contributed by atoms with Gasteiger partial charge in [0, 0.05) is 32.3 Å². The number of amides is 1. The Kier molecular flexibility index (Phi) is 7.79. The highest BCUT2D eigenvalue weighted by Crippen LogP contribution is 2.05. The molecule has 0 unspecified atom stereocenters. The average Bonchev–Trinajstić information content (AvgIpc) is 2.42. The Balaban J connectivity index is 2.45. The summed E-state index contributed by atoms with van der Waals surface area (Å²) in [5, 5.41) is 2.85. The molecule has 0 aliphatic rings. The van der Waals surface area contributed by atoms with Crippen LogP contribution in [0.3, 0.4) is 0 Å². The van der Waals surface area contributed by atoms with Gasteiger partial charge in [-0.2, -0.15) is 0 Å². The van der Waals surface area contributed by atoms with E-state index in [-0.39, 0.29) is 5.91 Å². The molecule has 0 fully saturated rings. The lowest BCUT2D eigenvalue weighted by molar-refractivity contribution is -0.117. The Morgan fingerprint density at radius 3 is 2.65 bits per heavy atom. The smallest absolute Gasteiger partial charge is 0.238 e. The van der Waals surface area contributed by atoms with Crippen LogP contribution < -0.4 is 11.1 Å². The molecule has 110 valence electrons. The fourth-order valence-electron chi connectivity index (χ4n) is 1.68. The summed E-state index contributed by atoms with van der Waals surface area (Å²) in [5.74, 6) is -0.0600. The molecule has 6 heteroatoms. The van der Waals surface area contributed by atoms with E-state index in [9.17, 15) is 4.79 Å². The van der Waals surface area contributed by atoms with Crippen molar-refractivity contribution in [1.29, 1.82) is 0 Å². The third-order valence-electron chi connectivity index (χ3n) is 2.71. The molecular weight excluding hydrogens is 274 g/mol. The van der Waals surface area contributed by atoms with Crippen molar-refractivity contribution in [2.75, 3.05) is 38.7 Å². The van der Waals surface area contributed by atoms with Gasteiger partial charge in [0.2, 0.25) is 5.91 Å². The van der Waals surface area contributed by atoms with E-state index in [1.54, 1.807) is 7.11 Å². The molecule has 0 aliphatic heterocycles. The summed E-state index contributed by atoms with van der Waals surface area (Å²) in [5.41, 5.74) is 6.29. The SMILES string of the molecule is COCCN(CCC(N)=S)CC(=O)Nc1ccccc1. The van der Waals surface area contributed by atoms with E-state index in [1.807, 2.05) is 35.2 Å². The molecule has 20 heavy (non-hydrogen) atoms. The van der Waals surface area contributed by atoms with Crippen molar-refractivity contribution in [3.63, 3.8) is 0 Å². The number of hydrogen-bond acceptors (Lipinski definition) is 4. The Hall–Kier alpha value is -1.50. The van der Waals surface area contributed by atoms with Gasteiger partial charge < -0.3 is 15.8 Å². The van der Waals surface area contributed by atoms with Crippen LogP contribution in [-0.2, 0) is 9.53 Å². The van der Waals surface area contributed by atoms with Crippen LogP contribution in [0.2, 0.25) is 0 Å². The number of nitrogens with zero attached hydrogens (tertiary/aromatic N) is 1. The topological polar surface area (TPSA) is 67.6 Å². The van der Waals surface area contributed by atoms with Gasteiger partial charge in [-0.15, -0.1) is 0 Å². The van der Waals surface area contributed by atoms with Gasteiger partial charge in [0.25, 0.3) is 0 Å². The first-order valence-corrected chi connectivity index (χ1v) is 6.87. The maximum Gasteiger partial charge on any atom is 0.238 e. The fraction of sp³-hybridized carbons (Fsp3) is 0.429. The predicted molar refractivity (Wildman–Crippen MR) is 84.8 cm³/mol. The monoisotopic (exact) mass is 295 g/mol. The number of carbonyl (C=O) groups excluding carboxylic acids is 1. The van der Waals surface area contributed by atoms with Crippen molar-refractivity contribution in [1.82, 2.24) is 4.90 Å². The summed E-state index contributed by atoms with van der Waals surface area (Å²) in [6, 6.07) is 9.37. The highest BCUT2D eigenvalue weighted by atomic mass is 32.1. The molecule has 0 spiro atoms. The number of hydrogen-bond donors (Lipinski definition) is 2. The molecular formula is C14H21N3O2S. The summed E-state index contributed by atoms with van der Waals surface area (Å²) in [6.07, 6.45) is 0.595. The Labute approximate surface area is 125 Å². The largest absolute Gasteiger partial charge is 0.393 e. The summed E-state index contributed by atoms with van der Waals surface area (Å²) in [7, 11) is 1.63. The number of nitrogens with one attached hydrogen (secondary N) is 1. The highest BCUT2D eigenvalue weighted by Gasteiger charge is 2.11. The summed E-state index contributed by atoms with van der Waals surface area (Å²) >= 11 is 4.86. The van der Waals surface area contributed by atoms with Crippen molar-refractivity contribution < 1.29 is 9.53 Å². The molecule has 5 nitrogen and oxygen atoms in total. The van der Waals surface area contributed by atoms with Gasteiger partial charge in [-0.1, -0.05) is 30.4 Å². The maximum absolute atomic E-state index is 12.0. The molecule has 1 amide bonds. The molecule has 0 radical (unpaired) electrons. The van der Waals surface area contributed by atoms with E-state index in [2.05, 4.69) is 5.32 Å². The van der Waals surface area contributed by atoms with E-state index in [1.165, 1.54) is 0 Å². The molecule has 0 aliphatic carbocycles. The summed E-state index contributed by atoms with van der Waals surface area (Å²) in [4.78, 5) is 14.4. The van der Waals surface area contributed by atoms with Gasteiger partial charge in [0.15, 0.2) is 0 Å². The van der Waals surface area contributed by atoms with Crippen LogP contribution in [0.15, 0.2) is 30.3 Å². The zero-order valence-electron chi connectivity index (χ0n) is 11.7. The van der Waals surface area contributed by atoms with Crippen LogP contribution in [0.1, 0.15) is 6.42 Å². The molecule has 0 aromatic heterocycles. The van der Waals surface area contributed by atoms with Gasteiger partial charge in [0.05, 0.1) is 18.1 Å². The quantitative estimate of drug-likeness (QED) is 0.671. The number of anilines is 1. The highest BCUT2D eigenvalue weighted by molar-refractivity contribution is 7.80. The van der Waals surface area contributed by atoms with E-state index >= 15 is 0 Å². The van der Waals surface area contributed by atoms with Crippen LogP contribution in [0.25, 0.3) is 0 Å². The van der Waals surface area contributed by atoms with Crippen LogP contribution in [0.5, 0.6) is 0 Å². The lowest BCUT2D eigenvalue weighted by Gasteiger charge is -2.21. The molecule has 0 heterocycles. The lowest BCUT2D eigenvalue weighted by Crippen LogP contribution is -2.37. The zero-order valence-corrected chi connectivity index (χ0v) is 12.5. The normalized spacial score (nSPS) is 10.5. The maximum atomic E-state index is 12.0. The van der Waals surface area contributed by atoms with Crippen molar-refractivity contribution in [3.8, 4) is 0 Å². The second-order valence-electron chi connectivity index (χ2n) is 4.40. The van der Waals surface area contributed by atoms with Crippen LogP contribution in [0.4, 0.5) is 5.69 Å². The second-order valence-corrected chi connectivity index (χ2v) is 4.92. The minimum absolute atomic E-state index is 0.0600. The van der Waals surface area contributed by atoms with Crippen molar-refractivity contribution in [2.45, 2.75) is 6.42 Å². The fourth-order valence-corrected chi connectivity index (χ4v) is 1.77. The minimum atomic E-state index is -0.0600. The van der Waals surface area contributed by atoms with E-state index in [0.29, 0.717) is 37.7 Å². The van der Waals surface area contributed by atoms with Gasteiger partial charge in [0.1, 0.15) is 0 Å². The number of ether oxygens (including phenoxy) is 1. The number of methoxy groups -OCH3 is 1. The Bertz CT molecular complexity index is 426. The van der Waals surface area contributed by atoms with E-state index < -0.39 is 0 Å². The molecule has 0 bridgehead atoms. The number of para-hydroxylation sites is 1. The minimum Gasteiger partial charge on any atom is -0.393 e. The first-order chi connectivity index (χ1) is 9.61. The zero-order chi connectivity index (χ0) is 14.8. The van der Waals surface area contributed by atoms with Crippen LogP contribution in [-0.4, -0.2) is 49.1 Å². The predicted octanol–water partition coefficient (Wildman–Crippen LogP) is 1.25. The molecule has 1 aromatic rings. The number of carbonyl (C=O) groups is 1. The van der Waals surface area contributed by atoms with Crippen LogP contribution >= 0.6 is 12.2 Å². The number of benzene rings is 1. The van der Waals surface area contributed by atoms with Gasteiger partial charge in [-0.25, -0.2) is 0 Å². The van der Waals surface area contributed by atoms with E-state index in [4.69, 9.17) is 22.7 Å².